The van der Waals surface area contributed by atoms with Crippen molar-refractivity contribution in [3.8, 4) is 5.75 Å². The van der Waals surface area contributed by atoms with Crippen LogP contribution in [-0.4, -0.2) is 14.2 Å². The first-order valence-corrected chi connectivity index (χ1v) is 8.53. The molecule has 1 aromatic carbocycles. The van der Waals surface area contributed by atoms with Crippen molar-refractivity contribution in [2.24, 2.45) is 0 Å². The van der Waals surface area contributed by atoms with Gasteiger partial charge in [-0.2, -0.15) is 0 Å². The van der Waals surface area contributed by atoms with E-state index in [9.17, 15) is 0 Å². The Hall–Kier alpha value is -1.96. The molecule has 0 unspecified atom stereocenters. The molecule has 0 aromatic heterocycles. The van der Waals surface area contributed by atoms with Crippen LogP contribution < -0.4 is 4.74 Å². The molecule has 23 heavy (non-hydrogen) atoms. The summed E-state index contributed by atoms with van der Waals surface area (Å²) in [6.07, 6.45) is 11.2. The average Bonchev–Trinajstić information content (AvgIpc) is 2.75. The molecular formula is C21H28O2. The van der Waals surface area contributed by atoms with E-state index in [1.807, 2.05) is 12.1 Å². The number of ether oxygens (including phenoxy) is 2. The maximum Gasteiger partial charge on any atom is 0.122 e. The highest BCUT2D eigenvalue weighted by Gasteiger charge is 2.21. The summed E-state index contributed by atoms with van der Waals surface area (Å²) in [6.45, 7) is 4.45. The second-order valence-corrected chi connectivity index (χ2v) is 5.93. The van der Waals surface area contributed by atoms with Gasteiger partial charge in [0.05, 0.1) is 14.2 Å². The topological polar surface area (TPSA) is 18.5 Å². The zero-order valence-corrected chi connectivity index (χ0v) is 14.8. The molecule has 2 nitrogen and oxygen atoms in total. The Kier molecular flexibility index (Phi) is 6.52. The van der Waals surface area contributed by atoms with Gasteiger partial charge in [0, 0.05) is 11.5 Å². The molecule has 1 aromatic rings. The number of benzene rings is 1. The van der Waals surface area contributed by atoms with E-state index < -0.39 is 0 Å². The minimum atomic E-state index is 0.201. The highest BCUT2D eigenvalue weighted by atomic mass is 16.5. The summed E-state index contributed by atoms with van der Waals surface area (Å²) in [4.78, 5) is 0. The van der Waals surface area contributed by atoms with Crippen molar-refractivity contribution in [2.45, 2.75) is 45.4 Å². The van der Waals surface area contributed by atoms with E-state index in [0.717, 1.165) is 37.2 Å². The molecule has 0 N–H and O–H groups in total. The number of rotatable bonds is 7. The van der Waals surface area contributed by atoms with Gasteiger partial charge < -0.3 is 9.47 Å². The van der Waals surface area contributed by atoms with Gasteiger partial charge in [0.1, 0.15) is 11.5 Å². The third kappa shape index (κ3) is 4.28. The number of para-hydroxylation sites is 1. The predicted molar refractivity (Wildman–Crippen MR) is 96.8 cm³/mol. The van der Waals surface area contributed by atoms with Crippen molar-refractivity contribution in [3.05, 3.63) is 65.0 Å². The molecule has 0 saturated heterocycles. The van der Waals surface area contributed by atoms with Crippen molar-refractivity contribution in [3.63, 3.8) is 0 Å². The predicted octanol–water partition coefficient (Wildman–Crippen LogP) is 5.78. The largest absolute Gasteiger partial charge is 0.497 e. The second kappa shape index (κ2) is 8.61. The van der Waals surface area contributed by atoms with Gasteiger partial charge in [-0.1, -0.05) is 56.5 Å². The van der Waals surface area contributed by atoms with Crippen molar-refractivity contribution < 1.29 is 9.47 Å². The third-order valence-electron chi connectivity index (χ3n) is 4.22. The van der Waals surface area contributed by atoms with Gasteiger partial charge in [-0.15, -0.1) is 0 Å². The Morgan fingerprint density at radius 1 is 0.913 bits per heavy atom. The summed E-state index contributed by atoms with van der Waals surface area (Å²) in [5, 5.41) is 0. The number of hydrogen-bond acceptors (Lipinski definition) is 2. The summed E-state index contributed by atoms with van der Waals surface area (Å²) >= 11 is 0. The van der Waals surface area contributed by atoms with Crippen molar-refractivity contribution in [2.75, 3.05) is 14.2 Å². The minimum absolute atomic E-state index is 0.201. The molecule has 2 heteroatoms. The molecule has 0 bridgehead atoms. The molecule has 1 aliphatic rings. The van der Waals surface area contributed by atoms with E-state index in [1.54, 1.807) is 14.2 Å². The maximum atomic E-state index is 5.61. The fourth-order valence-corrected chi connectivity index (χ4v) is 3.16. The van der Waals surface area contributed by atoms with Crippen LogP contribution in [0, 0.1) is 0 Å². The first-order valence-electron chi connectivity index (χ1n) is 8.53. The van der Waals surface area contributed by atoms with E-state index in [2.05, 4.69) is 44.2 Å². The van der Waals surface area contributed by atoms with Crippen LogP contribution in [0.1, 0.15) is 51.0 Å². The van der Waals surface area contributed by atoms with Gasteiger partial charge in [-0.05, 0) is 36.6 Å². The molecule has 1 aliphatic carbocycles. The highest BCUT2D eigenvalue weighted by molar-refractivity contribution is 5.48. The van der Waals surface area contributed by atoms with Crippen LogP contribution in [0.15, 0.2) is 59.4 Å². The van der Waals surface area contributed by atoms with Crippen molar-refractivity contribution >= 4 is 0 Å². The van der Waals surface area contributed by atoms with Gasteiger partial charge in [0.2, 0.25) is 0 Å². The lowest BCUT2D eigenvalue weighted by Gasteiger charge is -2.20. The fraction of sp³-hybridized carbons (Fsp3) is 0.429. The Labute approximate surface area is 140 Å². The molecule has 1 atom stereocenters. The van der Waals surface area contributed by atoms with Gasteiger partial charge in [0.15, 0.2) is 0 Å². The summed E-state index contributed by atoms with van der Waals surface area (Å²) in [7, 11) is 3.48. The van der Waals surface area contributed by atoms with Crippen LogP contribution in [0.5, 0.6) is 5.75 Å². The Balaban J connectivity index is 2.52. The van der Waals surface area contributed by atoms with Crippen molar-refractivity contribution in [1.82, 2.24) is 0 Å². The molecule has 0 fully saturated rings. The molecule has 0 aliphatic heterocycles. The standard InChI is InChI=1S/C21H28O2/c1-5-9-16-13-17(10-6-2)20(15-18(14-16)22-3)19-11-7-8-12-21(19)23-4/h7-8,11-15,20H,5-6,9-10H2,1-4H3/t20-/m0/s1. The summed E-state index contributed by atoms with van der Waals surface area (Å²) in [6, 6.07) is 8.28. The number of allylic oxidation sites excluding steroid dienone is 5. The smallest absolute Gasteiger partial charge is 0.122 e. The van der Waals surface area contributed by atoms with Crippen LogP contribution in [0.4, 0.5) is 0 Å². The Morgan fingerprint density at radius 2 is 1.65 bits per heavy atom. The first kappa shape index (κ1) is 17.4. The summed E-state index contributed by atoms with van der Waals surface area (Å²) < 4.78 is 11.2. The molecule has 0 spiro atoms. The molecular weight excluding hydrogens is 284 g/mol. The van der Waals surface area contributed by atoms with Gasteiger partial charge in [-0.3, -0.25) is 0 Å². The summed E-state index contributed by atoms with van der Waals surface area (Å²) in [5.74, 6) is 2.07. The monoisotopic (exact) mass is 312 g/mol. The minimum Gasteiger partial charge on any atom is -0.497 e. The van der Waals surface area contributed by atoms with Crippen LogP contribution in [0.2, 0.25) is 0 Å². The average molecular weight is 312 g/mol. The molecule has 124 valence electrons. The van der Waals surface area contributed by atoms with Gasteiger partial charge in [-0.25, -0.2) is 0 Å². The highest BCUT2D eigenvalue weighted by Crippen LogP contribution is 2.38. The van der Waals surface area contributed by atoms with Crippen LogP contribution in [0.25, 0.3) is 0 Å². The third-order valence-corrected chi connectivity index (χ3v) is 4.22. The summed E-state index contributed by atoms with van der Waals surface area (Å²) in [5.41, 5.74) is 3.99. The molecule has 2 rings (SSSR count). The Morgan fingerprint density at radius 3 is 2.30 bits per heavy atom. The molecule has 0 saturated carbocycles. The SMILES string of the molecule is CCCC1=CC(OC)=C[C@H](c2ccccc2OC)C(CCC)=C1. The van der Waals surface area contributed by atoms with Crippen LogP contribution >= 0.6 is 0 Å². The van der Waals surface area contributed by atoms with Gasteiger partial charge >= 0.3 is 0 Å². The lowest BCUT2D eigenvalue weighted by Crippen LogP contribution is -2.03. The van der Waals surface area contributed by atoms with Gasteiger partial charge in [0.25, 0.3) is 0 Å². The van der Waals surface area contributed by atoms with E-state index in [4.69, 9.17) is 9.47 Å². The second-order valence-electron chi connectivity index (χ2n) is 5.93. The maximum absolute atomic E-state index is 5.61. The quantitative estimate of drug-likeness (QED) is 0.635. The van der Waals surface area contributed by atoms with E-state index in [1.165, 1.54) is 16.7 Å². The first-order chi connectivity index (χ1) is 11.2. The number of methoxy groups -OCH3 is 2. The Bertz CT molecular complexity index is 608. The fourth-order valence-electron chi connectivity index (χ4n) is 3.16. The zero-order valence-electron chi connectivity index (χ0n) is 14.8. The molecule has 0 amide bonds. The van der Waals surface area contributed by atoms with E-state index in [0.29, 0.717) is 0 Å². The molecule has 0 heterocycles. The zero-order chi connectivity index (χ0) is 16.7. The number of hydrogen-bond donors (Lipinski definition) is 0. The van der Waals surface area contributed by atoms with Crippen LogP contribution in [-0.2, 0) is 4.74 Å². The lowest BCUT2D eigenvalue weighted by molar-refractivity contribution is 0.304. The van der Waals surface area contributed by atoms with E-state index in [-0.39, 0.29) is 5.92 Å². The molecule has 0 radical (unpaired) electrons. The van der Waals surface area contributed by atoms with Crippen LogP contribution in [0.3, 0.4) is 0 Å². The normalized spacial score (nSPS) is 17.7. The van der Waals surface area contributed by atoms with E-state index >= 15 is 0 Å². The van der Waals surface area contributed by atoms with Crippen molar-refractivity contribution in [1.29, 1.82) is 0 Å². The lowest BCUT2D eigenvalue weighted by atomic mass is 9.87.